The summed E-state index contributed by atoms with van der Waals surface area (Å²) in [7, 11) is 0. The molecule has 0 bridgehead atoms. The highest BCUT2D eigenvalue weighted by atomic mass is 16.6. The van der Waals surface area contributed by atoms with Crippen LogP contribution in [0, 0.1) is 20.9 Å². The maximum atomic E-state index is 10.8. The highest BCUT2D eigenvalue weighted by molar-refractivity contribution is 5.45. The number of hydrogen-bond donors (Lipinski definition) is 1. The van der Waals surface area contributed by atoms with Crippen LogP contribution in [0.3, 0.4) is 0 Å². The van der Waals surface area contributed by atoms with Crippen molar-refractivity contribution >= 4 is 11.5 Å². The van der Waals surface area contributed by atoms with Crippen molar-refractivity contribution in [2.75, 3.05) is 5.32 Å². The van der Waals surface area contributed by atoms with Crippen LogP contribution in [0.5, 0.6) is 0 Å². The van der Waals surface area contributed by atoms with E-state index in [2.05, 4.69) is 38.0 Å². The third-order valence-corrected chi connectivity index (χ3v) is 3.86. The minimum atomic E-state index is -0.387. The lowest BCUT2D eigenvalue weighted by Gasteiger charge is -2.45. The standard InChI is InChI=1S/C15H23N3O2/c1-14(2)8-11(9-15(3,4)10-14)17-13-7-12(18(19)20)5-6-16-13/h5-7,11H,8-10H2,1-4H3,(H,16,17). The van der Waals surface area contributed by atoms with Crippen molar-refractivity contribution in [3.8, 4) is 0 Å². The molecule has 1 aromatic heterocycles. The zero-order valence-electron chi connectivity index (χ0n) is 12.6. The van der Waals surface area contributed by atoms with Gasteiger partial charge in [0, 0.05) is 18.3 Å². The molecule has 0 aliphatic heterocycles. The van der Waals surface area contributed by atoms with Crippen LogP contribution < -0.4 is 5.32 Å². The molecule has 0 atom stereocenters. The molecular weight excluding hydrogens is 254 g/mol. The van der Waals surface area contributed by atoms with Crippen LogP contribution in [0.15, 0.2) is 18.3 Å². The monoisotopic (exact) mass is 277 g/mol. The van der Waals surface area contributed by atoms with Gasteiger partial charge in [0.2, 0.25) is 0 Å². The topological polar surface area (TPSA) is 68.1 Å². The summed E-state index contributed by atoms with van der Waals surface area (Å²) in [4.78, 5) is 14.6. The summed E-state index contributed by atoms with van der Waals surface area (Å²) < 4.78 is 0. The lowest BCUT2D eigenvalue weighted by Crippen LogP contribution is -2.40. The average Bonchev–Trinajstić information content (AvgIpc) is 2.24. The fraction of sp³-hybridized carbons (Fsp3) is 0.667. The van der Waals surface area contributed by atoms with Gasteiger partial charge in [0.25, 0.3) is 5.69 Å². The Balaban J connectivity index is 2.13. The van der Waals surface area contributed by atoms with Crippen molar-refractivity contribution in [2.24, 2.45) is 10.8 Å². The van der Waals surface area contributed by atoms with Crippen LogP contribution in [0.1, 0.15) is 47.0 Å². The highest BCUT2D eigenvalue weighted by Crippen LogP contribution is 2.46. The number of anilines is 1. The molecule has 1 aliphatic carbocycles. The predicted octanol–water partition coefficient (Wildman–Crippen LogP) is 4.01. The molecule has 0 amide bonds. The lowest BCUT2D eigenvalue weighted by atomic mass is 9.63. The first-order valence-electron chi connectivity index (χ1n) is 7.04. The van der Waals surface area contributed by atoms with Gasteiger partial charge in [0.1, 0.15) is 5.82 Å². The largest absolute Gasteiger partial charge is 0.367 e. The summed E-state index contributed by atoms with van der Waals surface area (Å²) in [6.07, 6.45) is 4.79. The number of pyridine rings is 1. The van der Waals surface area contributed by atoms with Crippen LogP contribution in [0.25, 0.3) is 0 Å². The zero-order chi connectivity index (χ0) is 15.0. The Labute approximate surface area is 119 Å². The van der Waals surface area contributed by atoms with Crippen molar-refractivity contribution in [3.05, 3.63) is 28.4 Å². The summed E-state index contributed by atoms with van der Waals surface area (Å²) in [6, 6.07) is 3.23. The predicted molar refractivity (Wildman–Crippen MR) is 79.7 cm³/mol. The van der Waals surface area contributed by atoms with Gasteiger partial charge in [0.05, 0.1) is 11.0 Å². The van der Waals surface area contributed by atoms with Gasteiger partial charge >= 0.3 is 0 Å². The molecule has 1 N–H and O–H groups in total. The molecular formula is C15H23N3O2. The lowest BCUT2D eigenvalue weighted by molar-refractivity contribution is -0.384. The molecule has 1 fully saturated rings. The highest BCUT2D eigenvalue weighted by Gasteiger charge is 2.38. The molecule has 0 unspecified atom stereocenters. The second kappa shape index (κ2) is 5.04. The number of nitrogens with one attached hydrogen (secondary N) is 1. The first-order chi connectivity index (χ1) is 9.17. The van der Waals surface area contributed by atoms with Gasteiger partial charge in [-0.3, -0.25) is 10.1 Å². The van der Waals surface area contributed by atoms with Gasteiger partial charge in [-0.15, -0.1) is 0 Å². The molecule has 1 heterocycles. The first kappa shape index (κ1) is 14.8. The van der Waals surface area contributed by atoms with E-state index in [9.17, 15) is 10.1 Å². The van der Waals surface area contributed by atoms with Crippen molar-refractivity contribution < 1.29 is 4.92 Å². The quantitative estimate of drug-likeness (QED) is 0.669. The maximum absolute atomic E-state index is 10.8. The zero-order valence-corrected chi connectivity index (χ0v) is 12.6. The number of nitrogens with zero attached hydrogens (tertiary/aromatic N) is 2. The van der Waals surface area contributed by atoms with E-state index in [0.29, 0.717) is 11.9 Å². The molecule has 0 saturated heterocycles. The molecule has 5 heteroatoms. The van der Waals surface area contributed by atoms with E-state index in [0.717, 1.165) is 12.8 Å². The molecule has 1 aliphatic rings. The molecule has 5 nitrogen and oxygen atoms in total. The fourth-order valence-electron chi connectivity index (χ4n) is 3.77. The van der Waals surface area contributed by atoms with E-state index in [1.54, 1.807) is 0 Å². The Morgan fingerprint density at radius 3 is 2.45 bits per heavy atom. The molecule has 0 radical (unpaired) electrons. The minimum Gasteiger partial charge on any atom is -0.367 e. The summed E-state index contributed by atoms with van der Waals surface area (Å²) in [5.41, 5.74) is 0.636. The third-order valence-electron chi connectivity index (χ3n) is 3.86. The van der Waals surface area contributed by atoms with Crippen molar-refractivity contribution in [1.29, 1.82) is 0 Å². The molecule has 1 aromatic rings. The van der Waals surface area contributed by atoms with Gasteiger partial charge in [-0.05, 0) is 30.1 Å². The van der Waals surface area contributed by atoms with Crippen molar-refractivity contribution in [1.82, 2.24) is 4.98 Å². The summed E-state index contributed by atoms with van der Waals surface area (Å²) in [6.45, 7) is 9.12. The van der Waals surface area contributed by atoms with Gasteiger partial charge in [0.15, 0.2) is 0 Å². The van der Waals surface area contributed by atoms with E-state index in [4.69, 9.17) is 0 Å². The van der Waals surface area contributed by atoms with Gasteiger partial charge in [-0.2, -0.15) is 0 Å². The Hall–Kier alpha value is -1.65. The summed E-state index contributed by atoms with van der Waals surface area (Å²) in [5, 5.41) is 14.2. The van der Waals surface area contributed by atoms with E-state index in [1.165, 1.54) is 24.8 Å². The number of rotatable bonds is 3. The van der Waals surface area contributed by atoms with Crippen molar-refractivity contribution in [2.45, 2.75) is 53.0 Å². The van der Waals surface area contributed by atoms with E-state index >= 15 is 0 Å². The Morgan fingerprint density at radius 1 is 1.30 bits per heavy atom. The Bertz CT molecular complexity index is 496. The van der Waals surface area contributed by atoms with Gasteiger partial charge in [-0.1, -0.05) is 27.7 Å². The number of hydrogen-bond acceptors (Lipinski definition) is 4. The van der Waals surface area contributed by atoms with Crippen LogP contribution in [0.4, 0.5) is 11.5 Å². The summed E-state index contributed by atoms with van der Waals surface area (Å²) in [5.74, 6) is 0.595. The number of aromatic nitrogens is 1. The second-order valence-electron chi connectivity index (χ2n) is 7.41. The molecule has 2 rings (SSSR count). The Kier molecular flexibility index (Phi) is 3.71. The Morgan fingerprint density at radius 2 is 1.90 bits per heavy atom. The maximum Gasteiger partial charge on any atom is 0.274 e. The van der Waals surface area contributed by atoms with E-state index in [1.807, 2.05) is 0 Å². The van der Waals surface area contributed by atoms with Crippen LogP contribution in [0.2, 0.25) is 0 Å². The first-order valence-corrected chi connectivity index (χ1v) is 7.04. The third kappa shape index (κ3) is 3.68. The van der Waals surface area contributed by atoms with Crippen LogP contribution >= 0.6 is 0 Å². The fourth-order valence-corrected chi connectivity index (χ4v) is 3.77. The van der Waals surface area contributed by atoms with Gasteiger partial charge in [-0.25, -0.2) is 4.98 Å². The summed E-state index contributed by atoms with van der Waals surface area (Å²) >= 11 is 0. The van der Waals surface area contributed by atoms with E-state index in [-0.39, 0.29) is 21.4 Å². The van der Waals surface area contributed by atoms with Crippen LogP contribution in [-0.2, 0) is 0 Å². The SMILES string of the molecule is CC1(C)CC(Nc2cc([N+](=O)[O-])ccn2)CC(C)(C)C1. The minimum absolute atomic E-state index is 0.0804. The van der Waals surface area contributed by atoms with Crippen molar-refractivity contribution in [3.63, 3.8) is 0 Å². The normalized spacial score (nSPS) is 21.4. The number of nitro groups is 1. The smallest absolute Gasteiger partial charge is 0.274 e. The van der Waals surface area contributed by atoms with E-state index < -0.39 is 0 Å². The van der Waals surface area contributed by atoms with Gasteiger partial charge < -0.3 is 5.32 Å². The average molecular weight is 277 g/mol. The van der Waals surface area contributed by atoms with Crippen LogP contribution in [-0.4, -0.2) is 15.9 Å². The molecule has 0 aromatic carbocycles. The second-order valence-corrected chi connectivity index (χ2v) is 7.41. The molecule has 110 valence electrons. The molecule has 1 saturated carbocycles. The molecule has 0 spiro atoms. The molecule has 20 heavy (non-hydrogen) atoms.